The number of hydrogen-bond acceptors (Lipinski definition) is 2. The van der Waals surface area contributed by atoms with Gasteiger partial charge in [0.2, 0.25) is 0 Å². The number of hydrogen-bond donors (Lipinski definition) is 2. The molecule has 13 heavy (non-hydrogen) atoms. The van der Waals surface area contributed by atoms with Crippen molar-refractivity contribution in [2.45, 2.75) is 32.6 Å². The molecule has 1 aliphatic rings. The average molecular weight is 187 g/mol. The van der Waals surface area contributed by atoms with Gasteiger partial charge in [-0.2, -0.15) is 0 Å². The molecule has 0 aliphatic heterocycles. The van der Waals surface area contributed by atoms with Crippen molar-refractivity contribution in [2.24, 2.45) is 17.6 Å². The van der Waals surface area contributed by atoms with Crippen molar-refractivity contribution in [1.29, 1.82) is 0 Å². The van der Waals surface area contributed by atoms with Gasteiger partial charge in [-0.1, -0.05) is 6.92 Å². The minimum absolute atomic E-state index is 0.150. The maximum Gasteiger partial charge on any atom is 0.119 e. The fourth-order valence-corrected chi connectivity index (χ4v) is 1.78. The molecule has 0 amide bonds. The SMILES string of the molecule is CC1CC/C(F)=C(/N)CCC1CO. The molecule has 1 aliphatic carbocycles. The van der Waals surface area contributed by atoms with Gasteiger partial charge in [-0.15, -0.1) is 0 Å². The van der Waals surface area contributed by atoms with Gasteiger partial charge in [0.15, 0.2) is 0 Å². The Morgan fingerprint density at radius 2 is 2.15 bits per heavy atom. The summed E-state index contributed by atoms with van der Waals surface area (Å²) in [5.74, 6) is 0.527. The third-order valence-electron chi connectivity index (χ3n) is 2.99. The Labute approximate surface area is 78.6 Å². The van der Waals surface area contributed by atoms with E-state index in [2.05, 4.69) is 6.92 Å². The topological polar surface area (TPSA) is 46.2 Å². The van der Waals surface area contributed by atoms with Gasteiger partial charge in [-0.25, -0.2) is 4.39 Å². The molecule has 0 aromatic carbocycles. The first-order valence-corrected chi connectivity index (χ1v) is 4.89. The van der Waals surface area contributed by atoms with Crippen molar-refractivity contribution >= 4 is 0 Å². The van der Waals surface area contributed by atoms with Gasteiger partial charge in [-0.3, -0.25) is 0 Å². The molecule has 0 spiro atoms. The maximum atomic E-state index is 13.1. The Morgan fingerprint density at radius 1 is 1.46 bits per heavy atom. The number of allylic oxidation sites excluding steroid dienone is 2. The Kier molecular flexibility index (Phi) is 3.72. The summed E-state index contributed by atoms with van der Waals surface area (Å²) < 4.78 is 13.1. The lowest BCUT2D eigenvalue weighted by Crippen LogP contribution is -2.19. The monoisotopic (exact) mass is 187 g/mol. The summed E-state index contributed by atoms with van der Waals surface area (Å²) in [5.41, 5.74) is 5.91. The van der Waals surface area contributed by atoms with Crippen LogP contribution < -0.4 is 5.73 Å². The summed E-state index contributed by atoms with van der Waals surface area (Å²) >= 11 is 0. The lowest BCUT2D eigenvalue weighted by atomic mass is 9.84. The van der Waals surface area contributed by atoms with Crippen LogP contribution in [0.5, 0.6) is 0 Å². The molecule has 0 radical (unpaired) electrons. The Morgan fingerprint density at radius 3 is 2.77 bits per heavy atom. The van der Waals surface area contributed by atoms with Gasteiger partial charge in [0, 0.05) is 18.7 Å². The molecular weight excluding hydrogens is 169 g/mol. The van der Waals surface area contributed by atoms with Gasteiger partial charge in [0.1, 0.15) is 5.83 Å². The zero-order valence-corrected chi connectivity index (χ0v) is 8.09. The summed E-state index contributed by atoms with van der Waals surface area (Å²) in [5, 5.41) is 9.08. The Hall–Kier alpha value is -0.570. The summed E-state index contributed by atoms with van der Waals surface area (Å²) in [7, 11) is 0. The highest BCUT2D eigenvalue weighted by Crippen LogP contribution is 2.29. The first-order valence-electron chi connectivity index (χ1n) is 4.89. The van der Waals surface area contributed by atoms with Crippen molar-refractivity contribution < 1.29 is 9.50 Å². The standard InChI is InChI=1S/C10H18FNO/c1-7-2-4-9(11)10(12)5-3-8(7)6-13/h7-8,13H,2-6,12H2,1H3/b10-9-. The van der Waals surface area contributed by atoms with Crippen molar-refractivity contribution in [3.8, 4) is 0 Å². The van der Waals surface area contributed by atoms with Crippen molar-refractivity contribution in [3.05, 3.63) is 11.5 Å². The summed E-state index contributed by atoms with van der Waals surface area (Å²) in [6, 6.07) is 0. The fourth-order valence-electron chi connectivity index (χ4n) is 1.78. The van der Waals surface area contributed by atoms with E-state index < -0.39 is 0 Å². The van der Waals surface area contributed by atoms with E-state index in [-0.39, 0.29) is 18.4 Å². The minimum Gasteiger partial charge on any atom is -0.400 e. The van der Waals surface area contributed by atoms with Crippen LogP contribution in [0.25, 0.3) is 0 Å². The number of rotatable bonds is 1. The van der Waals surface area contributed by atoms with Crippen LogP contribution in [-0.4, -0.2) is 11.7 Å². The summed E-state index contributed by atoms with van der Waals surface area (Å²) in [6.45, 7) is 2.26. The van der Waals surface area contributed by atoms with E-state index in [1.165, 1.54) is 0 Å². The molecule has 0 fully saturated rings. The predicted octanol–water partition coefficient (Wildman–Crippen LogP) is 1.94. The molecule has 3 heteroatoms. The zero-order chi connectivity index (χ0) is 9.84. The van der Waals surface area contributed by atoms with Crippen molar-refractivity contribution in [1.82, 2.24) is 0 Å². The van der Waals surface area contributed by atoms with Crippen molar-refractivity contribution in [2.75, 3.05) is 6.61 Å². The predicted molar refractivity (Wildman–Crippen MR) is 50.5 cm³/mol. The average Bonchev–Trinajstić information content (AvgIpc) is 2.13. The van der Waals surface area contributed by atoms with Crippen LogP contribution in [-0.2, 0) is 0 Å². The first-order chi connectivity index (χ1) is 6.15. The number of halogens is 1. The zero-order valence-electron chi connectivity index (χ0n) is 8.09. The van der Waals surface area contributed by atoms with Crippen LogP contribution in [0.4, 0.5) is 4.39 Å². The normalized spacial score (nSPS) is 36.8. The Bertz CT molecular complexity index is 203. The molecule has 2 unspecified atom stereocenters. The fraction of sp³-hybridized carbons (Fsp3) is 0.800. The maximum absolute atomic E-state index is 13.1. The quantitative estimate of drug-likeness (QED) is 0.659. The first kappa shape index (κ1) is 10.5. The minimum atomic E-state index is -0.150. The molecule has 1 rings (SSSR count). The van der Waals surface area contributed by atoms with Crippen LogP contribution in [0.3, 0.4) is 0 Å². The van der Waals surface area contributed by atoms with Gasteiger partial charge in [0.25, 0.3) is 0 Å². The number of aliphatic hydroxyl groups excluding tert-OH is 1. The molecular formula is C10H18FNO. The number of aliphatic hydroxyl groups is 1. The van der Waals surface area contributed by atoms with E-state index in [0.717, 1.165) is 12.8 Å². The van der Waals surface area contributed by atoms with Crippen LogP contribution in [0.15, 0.2) is 11.5 Å². The molecule has 0 saturated carbocycles. The molecule has 0 saturated heterocycles. The van der Waals surface area contributed by atoms with E-state index in [9.17, 15) is 4.39 Å². The van der Waals surface area contributed by atoms with E-state index >= 15 is 0 Å². The van der Waals surface area contributed by atoms with Gasteiger partial charge in [0.05, 0.1) is 0 Å². The number of nitrogens with two attached hydrogens (primary N) is 1. The van der Waals surface area contributed by atoms with Gasteiger partial charge < -0.3 is 10.8 Å². The molecule has 0 aromatic heterocycles. The lowest BCUT2D eigenvalue weighted by molar-refractivity contribution is 0.164. The van der Waals surface area contributed by atoms with Crippen LogP contribution in [0.2, 0.25) is 0 Å². The van der Waals surface area contributed by atoms with Crippen molar-refractivity contribution in [3.63, 3.8) is 0 Å². The van der Waals surface area contributed by atoms with E-state index in [1.54, 1.807) is 0 Å². The van der Waals surface area contributed by atoms with Crippen LogP contribution >= 0.6 is 0 Å². The summed E-state index contributed by atoms with van der Waals surface area (Å²) in [4.78, 5) is 0. The molecule has 0 bridgehead atoms. The summed E-state index contributed by atoms with van der Waals surface area (Å²) in [6.07, 6.45) is 2.61. The Balaban J connectivity index is 2.63. The molecule has 76 valence electrons. The van der Waals surface area contributed by atoms with Crippen LogP contribution in [0.1, 0.15) is 32.6 Å². The molecule has 0 heterocycles. The highest BCUT2D eigenvalue weighted by atomic mass is 19.1. The lowest BCUT2D eigenvalue weighted by Gasteiger charge is -2.24. The second-order valence-electron chi connectivity index (χ2n) is 3.93. The second-order valence-corrected chi connectivity index (χ2v) is 3.93. The van der Waals surface area contributed by atoms with E-state index in [0.29, 0.717) is 24.5 Å². The largest absolute Gasteiger partial charge is 0.400 e. The van der Waals surface area contributed by atoms with Gasteiger partial charge in [-0.05, 0) is 31.1 Å². The highest BCUT2D eigenvalue weighted by molar-refractivity contribution is 5.05. The smallest absolute Gasteiger partial charge is 0.119 e. The molecule has 3 N–H and O–H groups in total. The molecule has 2 atom stereocenters. The van der Waals surface area contributed by atoms with Gasteiger partial charge >= 0.3 is 0 Å². The van der Waals surface area contributed by atoms with E-state index in [4.69, 9.17) is 10.8 Å². The van der Waals surface area contributed by atoms with E-state index in [1.807, 2.05) is 0 Å². The second kappa shape index (κ2) is 4.61. The third-order valence-corrected chi connectivity index (χ3v) is 2.99. The highest BCUT2D eigenvalue weighted by Gasteiger charge is 2.20. The molecule has 0 aromatic rings. The molecule has 2 nitrogen and oxygen atoms in total. The van der Waals surface area contributed by atoms with Crippen LogP contribution in [0, 0.1) is 11.8 Å². The third kappa shape index (κ3) is 2.69.